The summed E-state index contributed by atoms with van der Waals surface area (Å²) in [6.07, 6.45) is 6.20. The fourth-order valence-corrected chi connectivity index (χ4v) is 2.07. The maximum Gasteiger partial charge on any atom is 0.269 e. The molecule has 0 saturated carbocycles. The second-order valence-corrected chi connectivity index (χ2v) is 5.32. The van der Waals surface area contributed by atoms with E-state index in [1.54, 1.807) is 24.3 Å². The van der Waals surface area contributed by atoms with E-state index in [9.17, 15) is 14.9 Å². The molecule has 22 heavy (non-hydrogen) atoms. The Balaban J connectivity index is 2.76. The van der Waals surface area contributed by atoms with Crippen LogP contribution < -0.4 is 0 Å². The average molecular weight is 304 g/mol. The minimum atomic E-state index is -0.436. The van der Waals surface area contributed by atoms with Crippen LogP contribution in [0.5, 0.6) is 0 Å². The zero-order chi connectivity index (χ0) is 16.5. The zero-order valence-electron chi connectivity index (χ0n) is 13.5. The summed E-state index contributed by atoms with van der Waals surface area (Å²) in [5, 5.41) is 10.6. The lowest BCUT2D eigenvalue weighted by atomic mass is 10.1. The van der Waals surface area contributed by atoms with E-state index in [-0.39, 0.29) is 17.6 Å². The molecule has 0 aromatic heterocycles. The second kappa shape index (κ2) is 8.97. The Kier molecular flexibility index (Phi) is 7.29. The highest BCUT2D eigenvalue weighted by atomic mass is 16.6. The molecule has 1 amide bonds. The van der Waals surface area contributed by atoms with Crippen molar-refractivity contribution in [2.45, 2.75) is 46.1 Å². The maximum absolute atomic E-state index is 12.3. The minimum absolute atomic E-state index is 0.0128. The maximum atomic E-state index is 12.3. The molecule has 0 aliphatic heterocycles. The lowest BCUT2D eigenvalue weighted by molar-refractivity contribution is -0.384. The number of amides is 1. The van der Waals surface area contributed by atoms with Crippen LogP contribution in [0.1, 0.15) is 45.6 Å². The number of non-ortho nitro benzene ring substituents is 1. The summed E-state index contributed by atoms with van der Waals surface area (Å²) in [5.41, 5.74) is 0.825. The molecule has 1 aromatic rings. The molecule has 0 aliphatic carbocycles. The summed E-state index contributed by atoms with van der Waals surface area (Å²) in [7, 11) is 0. The monoisotopic (exact) mass is 304 g/mol. The summed E-state index contributed by atoms with van der Waals surface area (Å²) in [6, 6.07) is 6.37. The first-order chi connectivity index (χ1) is 10.5. The molecular weight excluding hydrogens is 280 g/mol. The van der Waals surface area contributed by atoms with E-state index in [2.05, 4.69) is 13.8 Å². The lowest BCUT2D eigenvalue weighted by Crippen LogP contribution is -2.37. The highest BCUT2D eigenvalue weighted by Crippen LogP contribution is 2.13. The Morgan fingerprint density at radius 1 is 1.32 bits per heavy atom. The van der Waals surface area contributed by atoms with Crippen LogP contribution in [0.25, 0.3) is 6.08 Å². The van der Waals surface area contributed by atoms with Gasteiger partial charge in [-0.3, -0.25) is 14.9 Å². The fraction of sp³-hybridized carbons (Fsp3) is 0.471. The van der Waals surface area contributed by atoms with Crippen LogP contribution in [-0.4, -0.2) is 28.3 Å². The van der Waals surface area contributed by atoms with Crippen LogP contribution in [0.3, 0.4) is 0 Å². The Labute approximate surface area is 131 Å². The molecule has 1 atom stereocenters. The number of hydrogen-bond acceptors (Lipinski definition) is 3. The predicted molar refractivity (Wildman–Crippen MR) is 88.5 cm³/mol. The molecule has 0 heterocycles. The zero-order valence-corrected chi connectivity index (χ0v) is 13.5. The van der Waals surface area contributed by atoms with E-state index >= 15 is 0 Å². The van der Waals surface area contributed by atoms with Crippen molar-refractivity contribution in [1.82, 2.24) is 4.90 Å². The molecule has 0 radical (unpaired) electrons. The lowest BCUT2D eigenvalue weighted by Gasteiger charge is -2.27. The molecule has 1 rings (SSSR count). The number of unbranched alkanes of at least 4 members (excludes halogenated alkanes) is 1. The van der Waals surface area contributed by atoms with E-state index in [1.165, 1.54) is 12.1 Å². The number of nitro benzene ring substituents is 1. The SMILES string of the molecule is CCCCN(C(=O)C=Cc1ccc([N+](=O)[O-])cc1)C(C)CC. The van der Waals surface area contributed by atoms with Gasteiger partial charge in [-0.15, -0.1) is 0 Å². The van der Waals surface area contributed by atoms with Gasteiger partial charge in [0.15, 0.2) is 0 Å². The standard InChI is InChI=1S/C17H24N2O3/c1-4-6-13-18(14(3)5-2)17(20)12-9-15-7-10-16(11-8-15)19(21)22/h7-12,14H,4-6,13H2,1-3H3. The smallest absolute Gasteiger partial charge is 0.269 e. The third kappa shape index (κ3) is 5.31. The third-order valence-corrected chi connectivity index (χ3v) is 3.68. The van der Waals surface area contributed by atoms with Crippen LogP contribution >= 0.6 is 0 Å². The fourth-order valence-electron chi connectivity index (χ4n) is 2.07. The topological polar surface area (TPSA) is 63.5 Å². The molecule has 0 aliphatic rings. The molecule has 0 fully saturated rings. The number of rotatable bonds is 8. The van der Waals surface area contributed by atoms with E-state index < -0.39 is 4.92 Å². The highest BCUT2D eigenvalue weighted by Gasteiger charge is 2.15. The average Bonchev–Trinajstić information content (AvgIpc) is 2.53. The van der Waals surface area contributed by atoms with Crippen molar-refractivity contribution in [2.24, 2.45) is 0 Å². The van der Waals surface area contributed by atoms with Crippen LogP contribution in [0, 0.1) is 10.1 Å². The van der Waals surface area contributed by atoms with Crippen molar-refractivity contribution in [3.05, 3.63) is 46.0 Å². The number of nitro groups is 1. The molecule has 0 N–H and O–H groups in total. The number of benzene rings is 1. The third-order valence-electron chi connectivity index (χ3n) is 3.68. The van der Waals surface area contributed by atoms with Crippen molar-refractivity contribution >= 4 is 17.7 Å². The number of nitrogens with zero attached hydrogens (tertiary/aromatic N) is 2. The van der Waals surface area contributed by atoms with Crippen LogP contribution in [-0.2, 0) is 4.79 Å². The Bertz CT molecular complexity index is 523. The normalized spacial score (nSPS) is 12.3. The first kappa shape index (κ1) is 17.9. The van der Waals surface area contributed by atoms with Gasteiger partial charge in [-0.2, -0.15) is 0 Å². The van der Waals surface area contributed by atoms with E-state index in [0.29, 0.717) is 0 Å². The minimum Gasteiger partial charge on any atom is -0.336 e. The van der Waals surface area contributed by atoms with Crippen LogP contribution in [0.4, 0.5) is 5.69 Å². The van der Waals surface area contributed by atoms with Crippen molar-refractivity contribution in [2.75, 3.05) is 6.54 Å². The Morgan fingerprint density at radius 2 is 1.95 bits per heavy atom. The van der Waals surface area contributed by atoms with Gasteiger partial charge in [0, 0.05) is 30.8 Å². The highest BCUT2D eigenvalue weighted by molar-refractivity contribution is 5.92. The van der Waals surface area contributed by atoms with Gasteiger partial charge in [0.2, 0.25) is 5.91 Å². The van der Waals surface area contributed by atoms with Gasteiger partial charge in [0.1, 0.15) is 0 Å². The first-order valence-corrected chi connectivity index (χ1v) is 7.72. The molecule has 1 unspecified atom stereocenters. The number of hydrogen-bond donors (Lipinski definition) is 0. The van der Waals surface area contributed by atoms with Gasteiger partial charge < -0.3 is 4.90 Å². The number of carbonyl (C=O) groups is 1. The van der Waals surface area contributed by atoms with E-state index in [0.717, 1.165) is 31.4 Å². The van der Waals surface area contributed by atoms with E-state index in [1.807, 2.05) is 11.8 Å². The molecule has 1 aromatic carbocycles. The molecular formula is C17H24N2O3. The predicted octanol–water partition coefficient (Wildman–Crippen LogP) is 4.04. The molecule has 0 bridgehead atoms. The Morgan fingerprint density at radius 3 is 2.45 bits per heavy atom. The first-order valence-electron chi connectivity index (χ1n) is 7.72. The molecule has 0 saturated heterocycles. The number of carbonyl (C=O) groups excluding carboxylic acids is 1. The van der Waals surface area contributed by atoms with Gasteiger partial charge in [0.05, 0.1) is 4.92 Å². The second-order valence-electron chi connectivity index (χ2n) is 5.32. The van der Waals surface area contributed by atoms with Gasteiger partial charge in [-0.05, 0) is 43.5 Å². The van der Waals surface area contributed by atoms with Gasteiger partial charge >= 0.3 is 0 Å². The summed E-state index contributed by atoms with van der Waals surface area (Å²) in [4.78, 5) is 24.4. The summed E-state index contributed by atoms with van der Waals surface area (Å²) < 4.78 is 0. The summed E-state index contributed by atoms with van der Waals surface area (Å²) >= 11 is 0. The van der Waals surface area contributed by atoms with Crippen molar-refractivity contribution in [1.29, 1.82) is 0 Å². The van der Waals surface area contributed by atoms with Crippen LogP contribution in [0.2, 0.25) is 0 Å². The molecule has 120 valence electrons. The van der Waals surface area contributed by atoms with E-state index in [4.69, 9.17) is 0 Å². The summed E-state index contributed by atoms with van der Waals surface area (Å²) in [5.74, 6) is -0.0128. The van der Waals surface area contributed by atoms with Crippen molar-refractivity contribution in [3.8, 4) is 0 Å². The molecule has 5 nitrogen and oxygen atoms in total. The van der Waals surface area contributed by atoms with Gasteiger partial charge in [-0.1, -0.05) is 20.3 Å². The largest absolute Gasteiger partial charge is 0.336 e. The van der Waals surface area contributed by atoms with Gasteiger partial charge in [0.25, 0.3) is 5.69 Å². The van der Waals surface area contributed by atoms with Crippen LogP contribution in [0.15, 0.2) is 30.3 Å². The Hall–Kier alpha value is -2.17. The molecule has 5 heteroatoms. The van der Waals surface area contributed by atoms with Gasteiger partial charge in [-0.25, -0.2) is 0 Å². The molecule has 0 spiro atoms. The summed E-state index contributed by atoms with van der Waals surface area (Å²) in [6.45, 7) is 6.98. The quantitative estimate of drug-likeness (QED) is 0.414. The van der Waals surface area contributed by atoms with Crippen molar-refractivity contribution < 1.29 is 9.72 Å². The van der Waals surface area contributed by atoms with Crippen molar-refractivity contribution in [3.63, 3.8) is 0 Å².